The molecule has 0 spiro atoms. The van der Waals surface area contributed by atoms with Gasteiger partial charge in [0.15, 0.2) is 0 Å². The Hall–Kier alpha value is -2.28. The van der Waals surface area contributed by atoms with Gasteiger partial charge in [-0.1, -0.05) is 12.1 Å². The summed E-state index contributed by atoms with van der Waals surface area (Å²) in [5, 5.41) is 19.3. The third kappa shape index (κ3) is 2.35. The average molecular weight is 240 g/mol. The number of hydrogen-bond acceptors (Lipinski definition) is 3. The molecule has 0 radical (unpaired) electrons. The number of nitriles is 1. The van der Waals surface area contributed by atoms with Gasteiger partial charge in [0.2, 0.25) is 0 Å². The number of rotatable bonds is 3. The summed E-state index contributed by atoms with van der Waals surface area (Å²) in [5.74, 6) is 0. The Morgan fingerprint density at radius 1 is 1.28 bits per heavy atom. The molecule has 1 heterocycles. The minimum absolute atomic E-state index is 0.174. The molecule has 1 aromatic carbocycles. The number of H-pyrrole nitrogens is 1. The van der Waals surface area contributed by atoms with Crippen molar-refractivity contribution in [1.82, 2.24) is 10.2 Å². The van der Waals surface area contributed by atoms with Crippen LogP contribution in [0.4, 0.5) is 5.69 Å². The third-order valence-electron chi connectivity index (χ3n) is 3.03. The first kappa shape index (κ1) is 12.2. The van der Waals surface area contributed by atoms with Crippen LogP contribution in [-0.4, -0.2) is 10.2 Å². The van der Waals surface area contributed by atoms with E-state index < -0.39 is 0 Å². The van der Waals surface area contributed by atoms with Crippen LogP contribution in [0, 0.1) is 25.2 Å². The van der Waals surface area contributed by atoms with Gasteiger partial charge in [0.1, 0.15) is 0 Å². The molecule has 1 unspecified atom stereocenters. The molecule has 2 rings (SSSR count). The maximum absolute atomic E-state index is 8.77. The van der Waals surface area contributed by atoms with Crippen LogP contribution < -0.4 is 5.32 Å². The molecular weight excluding hydrogens is 224 g/mol. The number of anilines is 1. The van der Waals surface area contributed by atoms with Crippen LogP contribution >= 0.6 is 0 Å². The van der Waals surface area contributed by atoms with Crippen molar-refractivity contribution in [3.8, 4) is 6.07 Å². The molecule has 0 saturated carbocycles. The quantitative estimate of drug-likeness (QED) is 0.866. The van der Waals surface area contributed by atoms with Crippen LogP contribution in [0.25, 0.3) is 0 Å². The summed E-state index contributed by atoms with van der Waals surface area (Å²) in [7, 11) is 0. The molecule has 1 atom stereocenters. The number of hydrogen-bond donors (Lipinski definition) is 2. The highest BCUT2D eigenvalue weighted by atomic mass is 15.2. The van der Waals surface area contributed by atoms with Crippen molar-refractivity contribution in [1.29, 1.82) is 5.26 Å². The minimum Gasteiger partial charge on any atom is -0.376 e. The van der Waals surface area contributed by atoms with E-state index in [1.807, 2.05) is 38.1 Å². The van der Waals surface area contributed by atoms with Gasteiger partial charge >= 0.3 is 0 Å². The Morgan fingerprint density at radius 3 is 2.44 bits per heavy atom. The first-order valence-electron chi connectivity index (χ1n) is 5.90. The van der Waals surface area contributed by atoms with Gasteiger partial charge in [-0.25, -0.2) is 0 Å². The summed E-state index contributed by atoms with van der Waals surface area (Å²) in [4.78, 5) is 0. The van der Waals surface area contributed by atoms with E-state index in [2.05, 4.69) is 28.5 Å². The highest BCUT2D eigenvalue weighted by Gasteiger charge is 2.10. The maximum Gasteiger partial charge on any atom is 0.0991 e. The normalized spacial score (nSPS) is 11.9. The summed E-state index contributed by atoms with van der Waals surface area (Å²) in [6.45, 7) is 6.05. The second-order valence-corrected chi connectivity index (χ2v) is 4.41. The van der Waals surface area contributed by atoms with Crippen molar-refractivity contribution >= 4 is 5.69 Å². The summed E-state index contributed by atoms with van der Waals surface area (Å²) in [5.41, 5.74) is 4.88. The van der Waals surface area contributed by atoms with Crippen molar-refractivity contribution in [2.24, 2.45) is 0 Å². The van der Waals surface area contributed by atoms with Crippen LogP contribution in [0.2, 0.25) is 0 Å². The van der Waals surface area contributed by atoms with Crippen LogP contribution in [0.15, 0.2) is 24.3 Å². The predicted octanol–water partition coefficient (Wildman–Crippen LogP) is 3.07. The van der Waals surface area contributed by atoms with E-state index in [4.69, 9.17) is 5.26 Å². The zero-order chi connectivity index (χ0) is 13.1. The molecule has 2 aromatic rings. The fourth-order valence-corrected chi connectivity index (χ4v) is 1.91. The number of nitrogens with one attached hydrogen (secondary N) is 2. The molecule has 4 nitrogen and oxygen atoms in total. The molecular formula is C14H16N4. The van der Waals surface area contributed by atoms with Crippen molar-refractivity contribution in [3.05, 3.63) is 46.8 Å². The lowest BCUT2D eigenvalue weighted by Crippen LogP contribution is -2.07. The molecule has 0 aliphatic carbocycles. The molecule has 0 aliphatic rings. The van der Waals surface area contributed by atoms with E-state index in [-0.39, 0.29) is 6.04 Å². The van der Waals surface area contributed by atoms with Gasteiger partial charge in [0, 0.05) is 6.04 Å². The second kappa shape index (κ2) is 4.92. The first-order valence-corrected chi connectivity index (χ1v) is 5.90. The molecule has 1 aromatic heterocycles. The van der Waals surface area contributed by atoms with Crippen molar-refractivity contribution in [2.45, 2.75) is 26.8 Å². The first-order chi connectivity index (χ1) is 8.61. The highest BCUT2D eigenvalue weighted by Crippen LogP contribution is 2.23. The summed E-state index contributed by atoms with van der Waals surface area (Å²) < 4.78 is 0. The smallest absolute Gasteiger partial charge is 0.0991 e. The minimum atomic E-state index is 0.174. The molecule has 18 heavy (non-hydrogen) atoms. The van der Waals surface area contributed by atoms with Gasteiger partial charge in [0.25, 0.3) is 0 Å². The van der Waals surface area contributed by atoms with Gasteiger partial charge in [0.05, 0.1) is 28.7 Å². The van der Waals surface area contributed by atoms with E-state index in [9.17, 15) is 0 Å². The lowest BCUT2D eigenvalue weighted by atomic mass is 10.1. The van der Waals surface area contributed by atoms with Gasteiger partial charge in [-0.15, -0.1) is 0 Å². The number of aromatic nitrogens is 2. The largest absolute Gasteiger partial charge is 0.376 e. The van der Waals surface area contributed by atoms with Gasteiger partial charge < -0.3 is 5.32 Å². The summed E-state index contributed by atoms with van der Waals surface area (Å²) >= 11 is 0. The Morgan fingerprint density at radius 2 is 1.94 bits per heavy atom. The highest BCUT2D eigenvalue weighted by molar-refractivity contribution is 5.53. The van der Waals surface area contributed by atoms with Crippen molar-refractivity contribution in [2.75, 3.05) is 5.32 Å². The third-order valence-corrected chi connectivity index (χ3v) is 3.03. The fourth-order valence-electron chi connectivity index (χ4n) is 1.91. The molecule has 0 amide bonds. The van der Waals surface area contributed by atoms with Crippen LogP contribution in [-0.2, 0) is 0 Å². The van der Waals surface area contributed by atoms with E-state index in [0.717, 1.165) is 22.6 Å². The van der Waals surface area contributed by atoms with Crippen LogP contribution in [0.3, 0.4) is 0 Å². The van der Waals surface area contributed by atoms with Gasteiger partial charge in [-0.3, -0.25) is 5.10 Å². The Balaban J connectivity index is 2.17. The molecule has 0 fully saturated rings. The van der Waals surface area contributed by atoms with Crippen molar-refractivity contribution in [3.63, 3.8) is 0 Å². The molecule has 0 saturated heterocycles. The Bertz CT molecular complexity index is 555. The van der Waals surface area contributed by atoms with E-state index in [0.29, 0.717) is 5.56 Å². The molecule has 4 heteroatoms. The topological polar surface area (TPSA) is 64.5 Å². The lowest BCUT2D eigenvalue weighted by Gasteiger charge is -2.15. The van der Waals surface area contributed by atoms with Crippen LogP contribution in [0.1, 0.15) is 35.5 Å². The number of nitrogens with zero attached hydrogens (tertiary/aromatic N) is 2. The van der Waals surface area contributed by atoms with E-state index in [1.165, 1.54) is 0 Å². The molecule has 0 bridgehead atoms. The number of aromatic amines is 1. The van der Waals surface area contributed by atoms with Crippen LogP contribution in [0.5, 0.6) is 0 Å². The molecule has 2 N–H and O–H groups in total. The van der Waals surface area contributed by atoms with E-state index in [1.54, 1.807) is 0 Å². The average Bonchev–Trinajstić information content (AvgIpc) is 2.70. The predicted molar refractivity (Wildman–Crippen MR) is 71.3 cm³/mol. The monoisotopic (exact) mass is 240 g/mol. The fraction of sp³-hybridized carbons (Fsp3) is 0.286. The molecule has 92 valence electrons. The standard InChI is InChI=1S/C14H16N4/c1-9(13-6-4-12(8-15)5-7-13)16-14-10(2)17-18-11(14)3/h4-7,9,16H,1-3H3,(H,17,18). The maximum atomic E-state index is 8.77. The van der Waals surface area contributed by atoms with Gasteiger partial charge in [-0.2, -0.15) is 10.4 Å². The summed E-state index contributed by atoms with van der Waals surface area (Å²) in [6, 6.07) is 9.91. The second-order valence-electron chi connectivity index (χ2n) is 4.41. The number of benzene rings is 1. The lowest BCUT2D eigenvalue weighted by molar-refractivity contribution is 0.880. The SMILES string of the molecule is Cc1n[nH]c(C)c1NC(C)c1ccc(C#N)cc1. The van der Waals surface area contributed by atoms with Gasteiger partial charge in [-0.05, 0) is 38.5 Å². The zero-order valence-electron chi connectivity index (χ0n) is 10.8. The van der Waals surface area contributed by atoms with Crippen molar-refractivity contribution < 1.29 is 0 Å². The number of aryl methyl sites for hydroxylation is 2. The Labute approximate surface area is 107 Å². The zero-order valence-corrected chi connectivity index (χ0v) is 10.8. The molecule has 0 aliphatic heterocycles. The Kier molecular flexibility index (Phi) is 3.33. The summed E-state index contributed by atoms with van der Waals surface area (Å²) in [6.07, 6.45) is 0. The van der Waals surface area contributed by atoms with E-state index >= 15 is 0 Å².